The summed E-state index contributed by atoms with van der Waals surface area (Å²) < 4.78 is 81.3. The molecule has 0 aliphatic carbocycles. The second-order valence-electron chi connectivity index (χ2n) is 11.7. The number of aliphatic hydroxyl groups excluding tert-OH is 1. The normalized spacial score (nSPS) is 31.7. The molecule has 0 aromatic heterocycles. The van der Waals surface area contributed by atoms with Crippen LogP contribution in [0.25, 0.3) is 0 Å². The zero-order chi connectivity index (χ0) is 30.3. The van der Waals surface area contributed by atoms with Crippen LogP contribution in [0.3, 0.4) is 0 Å². The fourth-order valence-electron chi connectivity index (χ4n) is 5.08. The highest BCUT2D eigenvalue weighted by Crippen LogP contribution is 2.27. The van der Waals surface area contributed by atoms with E-state index in [1.165, 1.54) is 13.8 Å². The van der Waals surface area contributed by atoms with E-state index >= 15 is 0 Å². The van der Waals surface area contributed by atoms with Gasteiger partial charge in [0.2, 0.25) is 0 Å². The first-order chi connectivity index (χ1) is 18.4. The van der Waals surface area contributed by atoms with Crippen LogP contribution in [-0.2, 0) is 33.8 Å². The summed E-state index contributed by atoms with van der Waals surface area (Å²) >= 11 is 0. The number of sulfonamides is 1. The molecule has 234 valence electrons. The van der Waals surface area contributed by atoms with E-state index < -0.39 is 51.5 Å². The van der Waals surface area contributed by atoms with E-state index in [-0.39, 0.29) is 37.5 Å². The number of hydrogen-bond donors (Lipinski definition) is 2. The van der Waals surface area contributed by atoms with Gasteiger partial charge in [-0.25, -0.2) is 13.1 Å². The van der Waals surface area contributed by atoms with Gasteiger partial charge in [0.1, 0.15) is 6.10 Å². The quantitative estimate of drug-likeness (QED) is 0.440. The van der Waals surface area contributed by atoms with Crippen molar-refractivity contribution in [3.05, 3.63) is 0 Å². The average molecular weight is 603 g/mol. The summed E-state index contributed by atoms with van der Waals surface area (Å²) in [5.74, 6) is -1.53. The average Bonchev–Trinajstić information content (AvgIpc) is 3.00. The van der Waals surface area contributed by atoms with E-state index in [2.05, 4.69) is 0 Å². The van der Waals surface area contributed by atoms with E-state index in [0.29, 0.717) is 51.5 Å². The Labute approximate surface area is 235 Å². The fraction of sp³-hybridized carbons (Fsp3) is 0.923. The van der Waals surface area contributed by atoms with Gasteiger partial charge < -0.3 is 19.3 Å². The van der Waals surface area contributed by atoms with Crippen molar-refractivity contribution in [1.29, 1.82) is 0 Å². The maximum absolute atomic E-state index is 12.9. The number of halogens is 3. The summed E-state index contributed by atoms with van der Waals surface area (Å²) in [6.45, 7) is 8.80. The molecular formula is C26H45F3N2O8S. The molecular weight excluding hydrogens is 557 g/mol. The van der Waals surface area contributed by atoms with E-state index in [1.807, 2.05) is 11.8 Å². The molecule has 2 saturated heterocycles. The minimum absolute atomic E-state index is 0.00534. The predicted molar refractivity (Wildman–Crippen MR) is 140 cm³/mol. The van der Waals surface area contributed by atoms with Crippen molar-refractivity contribution in [3.63, 3.8) is 0 Å². The minimum Gasteiger partial charge on any atom is -0.465 e. The number of nitrogens with one attached hydrogen (secondary N) is 1. The minimum atomic E-state index is -5.52. The van der Waals surface area contributed by atoms with Crippen LogP contribution in [0.1, 0.15) is 79.6 Å². The number of aliphatic hydroxyl groups is 1. The summed E-state index contributed by atoms with van der Waals surface area (Å²) in [4.78, 5) is 27.0. The van der Waals surface area contributed by atoms with Crippen molar-refractivity contribution >= 4 is 21.8 Å². The molecule has 0 amide bonds. The Morgan fingerprint density at radius 2 is 1.70 bits per heavy atom. The third kappa shape index (κ3) is 10.5. The number of cyclic esters (lactones) is 1. The first kappa shape index (κ1) is 34.9. The monoisotopic (exact) mass is 602 g/mol. The Hall–Kier alpha value is -1.32. The predicted octanol–water partition coefficient (Wildman–Crippen LogP) is 3.13. The first-order valence-corrected chi connectivity index (χ1v) is 15.4. The van der Waals surface area contributed by atoms with Crippen LogP contribution in [-0.4, -0.2) is 92.1 Å². The van der Waals surface area contributed by atoms with Crippen molar-refractivity contribution in [2.24, 2.45) is 11.8 Å². The number of carbonyl (C=O) groups is 2. The third-order valence-electron chi connectivity index (χ3n) is 7.47. The number of ketones is 1. The summed E-state index contributed by atoms with van der Waals surface area (Å²) in [5.41, 5.74) is -6.82. The molecule has 0 saturated carbocycles. The zero-order valence-corrected chi connectivity index (χ0v) is 24.9. The van der Waals surface area contributed by atoms with Crippen LogP contribution >= 0.6 is 0 Å². The molecule has 2 aliphatic rings. The second-order valence-corrected chi connectivity index (χ2v) is 13.3. The number of alkyl halides is 3. The molecule has 2 N–H and O–H groups in total. The third-order valence-corrected chi connectivity index (χ3v) is 8.90. The molecule has 0 bridgehead atoms. The van der Waals surface area contributed by atoms with Gasteiger partial charge in [0.25, 0.3) is 0 Å². The lowest BCUT2D eigenvalue weighted by Crippen LogP contribution is -2.56. The van der Waals surface area contributed by atoms with Crippen molar-refractivity contribution < 1.29 is 50.5 Å². The standard InChI is InChI=1S/C26H45F3N2O8S/c1-17-9-8-13-38-24(34)19(3)21(11-7-6-10-20(32)23(17)33)39-22-15-18(2)31(12-14-37-22)16-25(4,5)30-40(35,36)26(27,28)29/h17-22,30,32H,6-16H2,1-5H3/t17-,18?,19-,20+,21+,22+/m1/s1. The van der Waals surface area contributed by atoms with Crippen molar-refractivity contribution in [3.8, 4) is 0 Å². The SMILES string of the molecule is CC1C[C@H](O[C@H]2CCCC[C@H](O)C(=O)[C@H](C)CCCOC(=O)[C@@H]2C)OCCN1CC(C)(C)NS(=O)(=O)C(F)(F)F. The Balaban J connectivity index is 2.04. The number of nitrogens with zero attached hydrogens (tertiary/aromatic N) is 1. The van der Waals surface area contributed by atoms with Gasteiger partial charge in [-0.2, -0.15) is 13.2 Å². The first-order valence-electron chi connectivity index (χ1n) is 13.9. The molecule has 0 spiro atoms. The van der Waals surface area contributed by atoms with Gasteiger partial charge in [-0.15, -0.1) is 0 Å². The van der Waals surface area contributed by atoms with Gasteiger partial charge >= 0.3 is 21.5 Å². The zero-order valence-electron chi connectivity index (χ0n) is 24.0. The van der Waals surface area contributed by atoms with Gasteiger partial charge in [-0.05, 0) is 53.4 Å². The number of Topliss-reactive ketones (excluding diaryl/α,β-unsaturated/α-hetero) is 1. The molecule has 14 heteroatoms. The Morgan fingerprint density at radius 1 is 1.05 bits per heavy atom. The molecule has 0 radical (unpaired) electrons. The molecule has 2 rings (SSSR count). The number of esters is 1. The van der Waals surface area contributed by atoms with E-state index in [0.717, 1.165) is 0 Å². The molecule has 1 unspecified atom stereocenters. The summed E-state index contributed by atoms with van der Waals surface area (Å²) in [6.07, 6.45) is 1.02. The lowest BCUT2D eigenvalue weighted by Gasteiger charge is -2.36. The maximum Gasteiger partial charge on any atom is 0.511 e. The smallest absolute Gasteiger partial charge is 0.465 e. The summed E-state index contributed by atoms with van der Waals surface area (Å²) in [6, 6.07) is -0.230. The molecule has 6 atom stereocenters. The number of rotatable bonds is 6. The highest BCUT2D eigenvalue weighted by Gasteiger charge is 2.48. The van der Waals surface area contributed by atoms with Crippen molar-refractivity contribution in [2.75, 3.05) is 26.3 Å². The van der Waals surface area contributed by atoms with Crippen LogP contribution in [0.2, 0.25) is 0 Å². The van der Waals surface area contributed by atoms with Crippen LogP contribution < -0.4 is 4.72 Å². The topological polar surface area (TPSA) is 131 Å². The van der Waals surface area contributed by atoms with Gasteiger partial charge in [0.15, 0.2) is 12.1 Å². The summed E-state index contributed by atoms with van der Waals surface area (Å²) in [5, 5.41) is 10.3. The van der Waals surface area contributed by atoms with E-state index in [4.69, 9.17) is 14.2 Å². The molecule has 2 heterocycles. The fourth-order valence-corrected chi connectivity index (χ4v) is 5.99. The van der Waals surface area contributed by atoms with Gasteiger partial charge in [0, 0.05) is 37.0 Å². The van der Waals surface area contributed by atoms with Crippen molar-refractivity contribution in [1.82, 2.24) is 9.62 Å². The van der Waals surface area contributed by atoms with Gasteiger partial charge in [-0.1, -0.05) is 19.8 Å². The Kier molecular flexibility index (Phi) is 12.8. The van der Waals surface area contributed by atoms with Crippen LogP contribution in [0.5, 0.6) is 0 Å². The molecule has 2 fully saturated rings. The summed E-state index contributed by atoms with van der Waals surface area (Å²) in [7, 11) is -5.52. The highest BCUT2D eigenvalue weighted by atomic mass is 32.2. The molecule has 10 nitrogen and oxygen atoms in total. The van der Waals surface area contributed by atoms with Gasteiger partial charge in [0.05, 0.1) is 25.2 Å². The van der Waals surface area contributed by atoms with Crippen LogP contribution in [0.4, 0.5) is 13.2 Å². The second kappa shape index (κ2) is 14.7. The Morgan fingerprint density at radius 3 is 2.35 bits per heavy atom. The van der Waals surface area contributed by atoms with Crippen LogP contribution in [0.15, 0.2) is 0 Å². The molecule has 0 aromatic carbocycles. The Bertz CT molecular complexity index is 947. The maximum atomic E-state index is 12.9. The number of ether oxygens (including phenoxy) is 3. The van der Waals surface area contributed by atoms with E-state index in [1.54, 1.807) is 18.6 Å². The molecule has 0 aromatic rings. The lowest BCUT2D eigenvalue weighted by molar-refractivity contribution is -0.190. The molecule has 40 heavy (non-hydrogen) atoms. The highest BCUT2D eigenvalue weighted by molar-refractivity contribution is 7.90. The molecule has 2 aliphatic heterocycles. The lowest BCUT2D eigenvalue weighted by atomic mass is 9.92. The van der Waals surface area contributed by atoms with Crippen molar-refractivity contribution in [2.45, 2.75) is 115 Å². The number of hydrogen-bond acceptors (Lipinski definition) is 9. The number of carbonyl (C=O) groups excluding carboxylic acids is 2. The van der Waals surface area contributed by atoms with Crippen LogP contribution in [0, 0.1) is 11.8 Å². The largest absolute Gasteiger partial charge is 0.511 e. The van der Waals surface area contributed by atoms with E-state index in [9.17, 15) is 36.3 Å². The van der Waals surface area contributed by atoms with Gasteiger partial charge in [-0.3, -0.25) is 14.5 Å².